The zero-order valence-electron chi connectivity index (χ0n) is 12.4. The van der Waals surface area contributed by atoms with E-state index < -0.39 is 5.54 Å². The molecule has 1 saturated heterocycles. The lowest BCUT2D eigenvalue weighted by Crippen LogP contribution is -2.50. The van der Waals surface area contributed by atoms with Crippen molar-refractivity contribution in [2.75, 3.05) is 40.1 Å². The number of carbonyl (C=O) groups excluding carboxylic acids is 1. The highest BCUT2D eigenvalue weighted by Crippen LogP contribution is 2.16. The van der Waals surface area contributed by atoms with Crippen LogP contribution in [0.25, 0.3) is 0 Å². The highest BCUT2D eigenvalue weighted by atomic mass is 16.5. The van der Waals surface area contributed by atoms with Gasteiger partial charge < -0.3 is 19.5 Å². The molecule has 5 heteroatoms. The van der Waals surface area contributed by atoms with Crippen molar-refractivity contribution >= 4 is 5.97 Å². The van der Waals surface area contributed by atoms with Gasteiger partial charge in [-0.1, -0.05) is 6.92 Å². The van der Waals surface area contributed by atoms with Crippen LogP contribution >= 0.6 is 0 Å². The van der Waals surface area contributed by atoms with Crippen LogP contribution in [0.3, 0.4) is 0 Å². The minimum absolute atomic E-state index is 0.232. The number of hydrogen-bond acceptors (Lipinski definition) is 5. The third-order valence-electron chi connectivity index (χ3n) is 3.64. The number of methoxy groups -OCH3 is 1. The van der Waals surface area contributed by atoms with Crippen molar-refractivity contribution in [3.8, 4) is 0 Å². The van der Waals surface area contributed by atoms with Crippen molar-refractivity contribution in [1.82, 2.24) is 5.32 Å². The summed E-state index contributed by atoms with van der Waals surface area (Å²) >= 11 is 0. The molecule has 0 aromatic heterocycles. The molecule has 19 heavy (non-hydrogen) atoms. The fraction of sp³-hybridized carbons (Fsp3) is 0.929. The van der Waals surface area contributed by atoms with Crippen LogP contribution in [0.15, 0.2) is 0 Å². The van der Waals surface area contributed by atoms with Crippen LogP contribution in [0.4, 0.5) is 0 Å². The maximum atomic E-state index is 11.8. The molecule has 1 aliphatic rings. The number of nitrogens with one attached hydrogen (secondary N) is 1. The normalized spacial score (nSPS) is 19.9. The Morgan fingerprint density at radius 2 is 2.11 bits per heavy atom. The standard InChI is InChI=1S/C14H27NO4/c1-4-15-14(2,13(16)17-3)7-10-19-11-12-5-8-18-9-6-12/h12,15H,4-11H2,1-3H3. The molecular formula is C14H27NO4. The first-order valence-corrected chi connectivity index (χ1v) is 7.11. The lowest BCUT2D eigenvalue weighted by Gasteiger charge is -2.28. The van der Waals surface area contributed by atoms with Crippen molar-refractivity contribution in [3.05, 3.63) is 0 Å². The number of likely N-dealkylation sites (N-methyl/N-ethyl adjacent to an activating group) is 1. The zero-order valence-corrected chi connectivity index (χ0v) is 12.4. The number of hydrogen-bond donors (Lipinski definition) is 1. The molecule has 1 atom stereocenters. The third-order valence-corrected chi connectivity index (χ3v) is 3.64. The Morgan fingerprint density at radius 3 is 2.68 bits per heavy atom. The van der Waals surface area contributed by atoms with Gasteiger partial charge in [0.05, 0.1) is 7.11 Å². The predicted molar refractivity (Wildman–Crippen MR) is 73.1 cm³/mol. The van der Waals surface area contributed by atoms with Crippen LogP contribution in [0.2, 0.25) is 0 Å². The summed E-state index contributed by atoms with van der Waals surface area (Å²) in [5, 5.41) is 3.17. The lowest BCUT2D eigenvalue weighted by molar-refractivity contribution is -0.148. The summed E-state index contributed by atoms with van der Waals surface area (Å²) in [5.41, 5.74) is -0.654. The van der Waals surface area contributed by atoms with Crippen LogP contribution in [0, 0.1) is 5.92 Å². The van der Waals surface area contributed by atoms with Gasteiger partial charge in [-0.25, -0.2) is 0 Å². The van der Waals surface area contributed by atoms with Crippen LogP contribution in [0.5, 0.6) is 0 Å². The van der Waals surface area contributed by atoms with E-state index in [1.54, 1.807) is 0 Å². The Morgan fingerprint density at radius 1 is 1.42 bits per heavy atom. The molecule has 0 aromatic carbocycles. The van der Waals surface area contributed by atoms with Crippen LogP contribution in [-0.2, 0) is 19.0 Å². The molecule has 1 rings (SSSR count). The van der Waals surface area contributed by atoms with Gasteiger partial charge in [0, 0.05) is 26.4 Å². The largest absolute Gasteiger partial charge is 0.468 e. The average Bonchev–Trinajstić information content (AvgIpc) is 2.44. The summed E-state index contributed by atoms with van der Waals surface area (Å²) < 4.78 is 15.9. The Hall–Kier alpha value is -0.650. The van der Waals surface area contributed by atoms with Crippen molar-refractivity contribution in [2.45, 2.75) is 38.6 Å². The summed E-state index contributed by atoms with van der Waals surface area (Å²) in [4.78, 5) is 11.8. The maximum Gasteiger partial charge on any atom is 0.325 e. The van der Waals surface area contributed by atoms with E-state index in [1.807, 2.05) is 13.8 Å². The molecule has 1 heterocycles. The van der Waals surface area contributed by atoms with Gasteiger partial charge in [-0.15, -0.1) is 0 Å². The van der Waals surface area contributed by atoms with E-state index in [2.05, 4.69) is 5.32 Å². The number of esters is 1. The highest BCUT2D eigenvalue weighted by molar-refractivity contribution is 5.80. The summed E-state index contributed by atoms with van der Waals surface area (Å²) in [6, 6.07) is 0. The fourth-order valence-electron chi connectivity index (χ4n) is 2.32. The number of carbonyl (C=O) groups is 1. The quantitative estimate of drug-likeness (QED) is 0.534. The van der Waals surface area contributed by atoms with Gasteiger partial charge in [0.2, 0.25) is 0 Å². The van der Waals surface area contributed by atoms with E-state index in [4.69, 9.17) is 14.2 Å². The first-order valence-electron chi connectivity index (χ1n) is 7.11. The van der Waals surface area contributed by atoms with E-state index in [9.17, 15) is 4.79 Å². The summed E-state index contributed by atoms with van der Waals surface area (Å²) in [6.07, 6.45) is 2.76. The molecule has 0 aromatic rings. The van der Waals surface area contributed by atoms with E-state index in [0.29, 0.717) is 18.9 Å². The molecule has 1 fully saturated rings. The zero-order chi connectivity index (χ0) is 14.1. The van der Waals surface area contributed by atoms with E-state index in [1.165, 1.54) is 7.11 Å². The number of rotatable bonds is 8. The van der Waals surface area contributed by atoms with Crippen LogP contribution in [0.1, 0.15) is 33.1 Å². The Labute approximate surface area is 116 Å². The molecule has 0 radical (unpaired) electrons. The van der Waals surface area contributed by atoms with E-state index in [-0.39, 0.29) is 5.97 Å². The minimum Gasteiger partial charge on any atom is -0.468 e. The number of ether oxygens (including phenoxy) is 3. The molecule has 0 spiro atoms. The molecule has 0 aliphatic carbocycles. The smallest absolute Gasteiger partial charge is 0.325 e. The molecule has 0 saturated carbocycles. The van der Waals surface area contributed by atoms with Crippen molar-refractivity contribution in [2.24, 2.45) is 5.92 Å². The van der Waals surface area contributed by atoms with Crippen LogP contribution in [-0.4, -0.2) is 51.6 Å². The first-order chi connectivity index (χ1) is 9.12. The highest BCUT2D eigenvalue weighted by Gasteiger charge is 2.33. The molecule has 1 aliphatic heterocycles. The first kappa shape index (κ1) is 16.4. The molecule has 0 amide bonds. The monoisotopic (exact) mass is 273 g/mol. The molecule has 0 bridgehead atoms. The third kappa shape index (κ3) is 5.47. The van der Waals surface area contributed by atoms with Gasteiger partial charge in [0.1, 0.15) is 5.54 Å². The second kappa shape index (κ2) is 8.51. The van der Waals surface area contributed by atoms with Crippen molar-refractivity contribution < 1.29 is 19.0 Å². The molecule has 1 unspecified atom stereocenters. The van der Waals surface area contributed by atoms with E-state index in [0.717, 1.165) is 39.2 Å². The summed E-state index contributed by atoms with van der Waals surface area (Å²) in [5.74, 6) is 0.362. The van der Waals surface area contributed by atoms with Gasteiger partial charge in [0.25, 0.3) is 0 Å². The van der Waals surface area contributed by atoms with Gasteiger partial charge in [0.15, 0.2) is 0 Å². The summed E-state index contributed by atoms with van der Waals surface area (Å²) in [7, 11) is 1.42. The van der Waals surface area contributed by atoms with Crippen LogP contribution < -0.4 is 5.32 Å². The fourth-order valence-corrected chi connectivity index (χ4v) is 2.32. The lowest BCUT2D eigenvalue weighted by atomic mass is 9.98. The topological polar surface area (TPSA) is 56.8 Å². The van der Waals surface area contributed by atoms with Gasteiger partial charge in [-0.2, -0.15) is 0 Å². The minimum atomic E-state index is -0.654. The van der Waals surface area contributed by atoms with E-state index >= 15 is 0 Å². The second-order valence-electron chi connectivity index (χ2n) is 5.23. The van der Waals surface area contributed by atoms with Gasteiger partial charge in [-0.3, -0.25) is 4.79 Å². The average molecular weight is 273 g/mol. The molecule has 5 nitrogen and oxygen atoms in total. The molecule has 112 valence electrons. The summed E-state index contributed by atoms with van der Waals surface area (Å²) in [6.45, 7) is 7.56. The van der Waals surface area contributed by atoms with Crippen molar-refractivity contribution in [1.29, 1.82) is 0 Å². The Balaban J connectivity index is 2.25. The Bertz CT molecular complexity index is 266. The molecular weight excluding hydrogens is 246 g/mol. The maximum absolute atomic E-state index is 11.8. The SMILES string of the molecule is CCNC(C)(CCOCC1CCOCC1)C(=O)OC. The van der Waals surface area contributed by atoms with Gasteiger partial charge in [-0.05, 0) is 38.6 Å². The van der Waals surface area contributed by atoms with Gasteiger partial charge >= 0.3 is 5.97 Å². The molecule has 1 N–H and O–H groups in total. The van der Waals surface area contributed by atoms with Crippen molar-refractivity contribution in [3.63, 3.8) is 0 Å². The Kier molecular flexibility index (Phi) is 7.34. The second-order valence-corrected chi connectivity index (χ2v) is 5.23. The predicted octanol–water partition coefficient (Wildman–Crippen LogP) is 1.36.